The minimum absolute atomic E-state index is 0.101. The van der Waals surface area contributed by atoms with E-state index >= 15 is 0 Å². The van der Waals surface area contributed by atoms with Crippen molar-refractivity contribution in [2.75, 3.05) is 0 Å². The van der Waals surface area contributed by atoms with Gasteiger partial charge in [0.05, 0.1) is 6.42 Å². The van der Waals surface area contributed by atoms with Gasteiger partial charge in [0.15, 0.2) is 0 Å². The van der Waals surface area contributed by atoms with E-state index in [9.17, 15) is 4.79 Å². The van der Waals surface area contributed by atoms with Crippen molar-refractivity contribution in [2.24, 2.45) is 11.3 Å². The van der Waals surface area contributed by atoms with Crippen molar-refractivity contribution in [1.29, 1.82) is 0 Å². The molecule has 1 heterocycles. The summed E-state index contributed by atoms with van der Waals surface area (Å²) in [6.07, 6.45) is 2.50. The Hall–Kier alpha value is -0.570. The third kappa shape index (κ3) is 3.20. The van der Waals surface area contributed by atoms with Gasteiger partial charge >= 0.3 is 5.97 Å². The van der Waals surface area contributed by atoms with Crippen LogP contribution < -0.4 is 5.32 Å². The third-order valence-corrected chi connectivity index (χ3v) is 3.64. The largest absolute Gasteiger partial charge is 0.481 e. The summed E-state index contributed by atoms with van der Waals surface area (Å²) in [6.45, 7) is 8.69. The third-order valence-electron chi connectivity index (χ3n) is 3.64. The standard InChI is InChI=1S/C12H23NO2/c1-8(2)9-5-6-12(3,4)10(13-9)7-11(14)15/h8-10,13H,5-7H2,1-4H3,(H,14,15)/t9-,10-/m1/s1. The summed E-state index contributed by atoms with van der Waals surface area (Å²) in [4.78, 5) is 10.8. The second-order valence-electron chi connectivity index (χ2n) is 5.69. The first-order chi connectivity index (χ1) is 6.83. The molecule has 0 unspecified atom stereocenters. The summed E-state index contributed by atoms with van der Waals surface area (Å²) >= 11 is 0. The molecule has 0 saturated carbocycles. The molecule has 0 aromatic rings. The molecule has 0 aliphatic carbocycles. The number of nitrogens with one attached hydrogen (secondary N) is 1. The molecule has 1 saturated heterocycles. The molecule has 0 aromatic carbocycles. The molecule has 0 radical (unpaired) electrons. The van der Waals surface area contributed by atoms with E-state index in [0.29, 0.717) is 12.0 Å². The maximum atomic E-state index is 10.8. The number of carboxylic acids is 1. The van der Waals surface area contributed by atoms with E-state index in [4.69, 9.17) is 5.11 Å². The molecule has 88 valence electrons. The minimum Gasteiger partial charge on any atom is -0.481 e. The zero-order valence-electron chi connectivity index (χ0n) is 10.2. The maximum Gasteiger partial charge on any atom is 0.304 e. The van der Waals surface area contributed by atoms with Crippen LogP contribution in [-0.4, -0.2) is 23.2 Å². The van der Waals surface area contributed by atoms with Crippen LogP contribution in [0.3, 0.4) is 0 Å². The molecule has 0 bridgehead atoms. The van der Waals surface area contributed by atoms with Crippen molar-refractivity contribution < 1.29 is 9.90 Å². The average molecular weight is 213 g/mol. The number of aliphatic carboxylic acids is 1. The van der Waals surface area contributed by atoms with Gasteiger partial charge in [0, 0.05) is 12.1 Å². The summed E-state index contributed by atoms with van der Waals surface area (Å²) in [5, 5.41) is 12.4. The van der Waals surface area contributed by atoms with Crippen molar-refractivity contribution in [1.82, 2.24) is 5.32 Å². The van der Waals surface area contributed by atoms with Crippen molar-refractivity contribution in [2.45, 2.75) is 59.0 Å². The molecule has 1 fully saturated rings. The van der Waals surface area contributed by atoms with Crippen LogP contribution >= 0.6 is 0 Å². The average Bonchev–Trinajstić information content (AvgIpc) is 2.07. The molecule has 0 amide bonds. The Morgan fingerprint density at radius 2 is 2.13 bits per heavy atom. The van der Waals surface area contributed by atoms with E-state index in [1.807, 2.05) is 0 Å². The summed E-state index contributed by atoms with van der Waals surface area (Å²) in [7, 11) is 0. The fourth-order valence-electron chi connectivity index (χ4n) is 2.30. The van der Waals surface area contributed by atoms with Crippen LogP contribution in [0, 0.1) is 11.3 Å². The van der Waals surface area contributed by atoms with Gasteiger partial charge in [-0.1, -0.05) is 27.7 Å². The molecule has 0 spiro atoms. The van der Waals surface area contributed by atoms with Gasteiger partial charge in [-0.3, -0.25) is 4.79 Å². The lowest BCUT2D eigenvalue weighted by atomic mass is 9.73. The highest BCUT2D eigenvalue weighted by molar-refractivity contribution is 5.67. The highest BCUT2D eigenvalue weighted by atomic mass is 16.4. The maximum absolute atomic E-state index is 10.8. The van der Waals surface area contributed by atoms with Gasteiger partial charge < -0.3 is 10.4 Å². The van der Waals surface area contributed by atoms with Crippen molar-refractivity contribution in [3.8, 4) is 0 Å². The molecule has 15 heavy (non-hydrogen) atoms. The van der Waals surface area contributed by atoms with Gasteiger partial charge in [-0.25, -0.2) is 0 Å². The summed E-state index contributed by atoms with van der Waals surface area (Å²) in [6, 6.07) is 0.582. The lowest BCUT2D eigenvalue weighted by Gasteiger charge is -2.44. The summed E-state index contributed by atoms with van der Waals surface area (Å²) < 4.78 is 0. The number of piperidine rings is 1. The second-order valence-corrected chi connectivity index (χ2v) is 5.69. The van der Waals surface area contributed by atoms with Gasteiger partial charge in [0.1, 0.15) is 0 Å². The molecular weight excluding hydrogens is 190 g/mol. The van der Waals surface area contributed by atoms with Crippen LogP contribution in [0.5, 0.6) is 0 Å². The lowest BCUT2D eigenvalue weighted by Crippen LogP contribution is -2.54. The van der Waals surface area contributed by atoms with Crippen molar-refractivity contribution in [3.05, 3.63) is 0 Å². The number of carboxylic acid groups (broad SMARTS) is 1. The monoisotopic (exact) mass is 213 g/mol. The smallest absolute Gasteiger partial charge is 0.304 e. The quantitative estimate of drug-likeness (QED) is 0.756. The molecule has 3 nitrogen and oxygen atoms in total. The fourth-order valence-corrected chi connectivity index (χ4v) is 2.30. The van der Waals surface area contributed by atoms with E-state index in [0.717, 1.165) is 12.8 Å². The van der Waals surface area contributed by atoms with Crippen molar-refractivity contribution in [3.63, 3.8) is 0 Å². The van der Waals surface area contributed by atoms with Gasteiger partial charge in [0.2, 0.25) is 0 Å². The number of hydrogen-bond donors (Lipinski definition) is 2. The highest BCUT2D eigenvalue weighted by Gasteiger charge is 2.37. The van der Waals surface area contributed by atoms with Crippen LogP contribution in [0.2, 0.25) is 0 Å². The predicted octanol–water partition coefficient (Wildman–Crippen LogP) is 2.26. The van der Waals surface area contributed by atoms with Gasteiger partial charge in [-0.05, 0) is 24.2 Å². The van der Waals surface area contributed by atoms with Crippen LogP contribution in [0.1, 0.15) is 47.0 Å². The number of carbonyl (C=O) groups is 1. The number of hydrogen-bond acceptors (Lipinski definition) is 2. The van der Waals surface area contributed by atoms with E-state index in [1.165, 1.54) is 0 Å². The molecule has 3 heteroatoms. The van der Waals surface area contributed by atoms with Crippen LogP contribution in [0.15, 0.2) is 0 Å². The molecule has 1 rings (SSSR count). The van der Waals surface area contributed by atoms with Gasteiger partial charge in [-0.2, -0.15) is 0 Å². The fraction of sp³-hybridized carbons (Fsp3) is 0.917. The Balaban J connectivity index is 2.66. The molecule has 0 aromatic heterocycles. The summed E-state index contributed by atoms with van der Waals surface area (Å²) in [5.74, 6) is -0.123. The summed E-state index contributed by atoms with van der Waals surface area (Å²) in [5.41, 5.74) is 0.101. The van der Waals surface area contributed by atoms with E-state index in [-0.39, 0.29) is 17.9 Å². The Bertz CT molecular complexity index is 236. The molecule has 1 aliphatic heterocycles. The van der Waals surface area contributed by atoms with E-state index in [1.54, 1.807) is 0 Å². The van der Waals surface area contributed by atoms with Gasteiger partial charge in [-0.15, -0.1) is 0 Å². The Kier molecular flexibility index (Phi) is 3.77. The zero-order valence-corrected chi connectivity index (χ0v) is 10.2. The Labute approximate surface area is 92.3 Å². The molecule has 2 atom stereocenters. The van der Waals surface area contributed by atoms with E-state index in [2.05, 4.69) is 33.0 Å². The molecule has 2 N–H and O–H groups in total. The van der Waals surface area contributed by atoms with Crippen molar-refractivity contribution >= 4 is 5.97 Å². The first-order valence-corrected chi connectivity index (χ1v) is 5.81. The van der Waals surface area contributed by atoms with E-state index < -0.39 is 5.97 Å². The SMILES string of the molecule is CC(C)[C@H]1CCC(C)(C)[C@@H](CC(=O)O)N1. The van der Waals surface area contributed by atoms with Crippen LogP contribution in [-0.2, 0) is 4.79 Å². The van der Waals surface area contributed by atoms with Crippen LogP contribution in [0.4, 0.5) is 0 Å². The molecule has 1 aliphatic rings. The first kappa shape index (κ1) is 12.5. The van der Waals surface area contributed by atoms with Gasteiger partial charge in [0.25, 0.3) is 0 Å². The normalized spacial score (nSPS) is 30.5. The Morgan fingerprint density at radius 1 is 1.53 bits per heavy atom. The topological polar surface area (TPSA) is 49.3 Å². The van der Waals surface area contributed by atoms with Crippen LogP contribution in [0.25, 0.3) is 0 Å². The Morgan fingerprint density at radius 3 is 2.60 bits per heavy atom. The minimum atomic E-state index is -0.704. The lowest BCUT2D eigenvalue weighted by molar-refractivity contribution is -0.138. The molecular formula is C12H23NO2. The second kappa shape index (κ2) is 4.52. The first-order valence-electron chi connectivity index (χ1n) is 5.81. The number of rotatable bonds is 3. The zero-order chi connectivity index (χ0) is 11.6. The highest BCUT2D eigenvalue weighted by Crippen LogP contribution is 2.35. The predicted molar refractivity (Wildman–Crippen MR) is 60.8 cm³/mol.